The molecule has 5 heteroatoms. The third-order valence-corrected chi connectivity index (χ3v) is 3.27. The number of aromatic nitrogens is 3. The topological polar surface area (TPSA) is 63.0 Å². The zero-order chi connectivity index (χ0) is 14.1. The van der Waals surface area contributed by atoms with Gasteiger partial charge in [0.25, 0.3) is 0 Å². The number of hydrogen-bond donors (Lipinski definition) is 2. The van der Waals surface area contributed by atoms with E-state index in [1.54, 1.807) is 23.0 Å². The van der Waals surface area contributed by atoms with Crippen molar-refractivity contribution < 1.29 is 5.11 Å². The minimum absolute atomic E-state index is 0.279. The van der Waals surface area contributed by atoms with Gasteiger partial charge in [-0.3, -0.25) is 4.68 Å². The second kappa shape index (κ2) is 4.85. The predicted molar refractivity (Wildman–Crippen MR) is 78.7 cm³/mol. The molecule has 0 aliphatic heterocycles. The quantitative estimate of drug-likeness (QED) is 0.766. The van der Waals surface area contributed by atoms with Gasteiger partial charge in [0, 0.05) is 19.0 Å². The first-order valence-electron chi connectivity index (χ1n) is 6.44. The summed E-state index contributed by atoms with van der Waals surface area (Å²) in [6.45, 7) is 2.62. The Morgan fingerprint density at radius 2 is 2.15 bits per heavy atom. The predicted octanol–water partition coefficient (Wildman–Crippen LogP) is 2.59. The molecule has 2 heterocycles. The van der Waals surface area contributed by atoms with Crippen molar-refractivity contribution in [3.8, 4) is 5.75 Å². The van der Waals surface area contributed by atoms with Crippen molar-refractivity contribution in [1.29, 1.82) is 0 Å². The fourth-order valence-electron chi connectivity index (χ4n) is 2.28. The first kappa shape index (κ1) is 12.5. The molecule has 0 aliphatic rings. The summed E-state index contributed by atoms with van der Waals surface area (Å²) in [5.74, 6) is 0.279. The van der Waals surface area contributed by atoms with E-state index in [0.29, 0.717) is 6.54 Å². The maximum Gasteiger partial charge on any atom is 0.157 e. The van der Waals surface area contributed by atoms with E-state index in [9.17, 15) is 5.11 Å². The summed E-state index contributed by atoms with van der Waals surface area (Å²) < 4.78 is 1.78. The minimum Gasteiger partial charge on any atom is -0.508 e. The number of benzene rings is 1. The molecule has 2 aromatic heterocycles. The van der Waals surface area contributed by atoms with Crippen molar-refractivity contribution in [2.75, 3.05) is 5.32 Å². The number of rotatable bonds is 3. The first-order chi connectivity index (χ1) is 9.63. The first-order valence-corrected chi connectivity index (χ1v) is 6.44. The van der Waals surface area contributed by atoms with Crippen LogP contribution < -0.4 is 5.32 Å². The summed E-state index contributed by atoms with van der Waals surface area (Å²) in [7, 11) is 1.89. The number of fused-ring (bicyclic) bond motifs is 1. The number of aromatic hydroxyl groups is 1. The van der Waals surface area contributed by atoms with Gasteiger partial charge in [0.15, 0.2) is 5.65 Å². The van der Waals surface area contributed by atoms with Crippen LogP contribution >= 0.6 is 0 Å². The maximum absolute atomic E-state index is 9.44. The Balaban J connectivity index is 1.83. The average Bonchev–Trinajstić information content (AvgIpc) is 2.72. The van der Waals surface area contributed by atoms with Crippen molar-refractivity contribution >= 4 is 16.7 Å². The molecule has 0 saturated carbocycles. The number of nitrogens with one attached hydrogen (secondary N) is 1. The molecular formula is C15H16N4O. The summed E-state index contributed by atoms with van der Waals surface area (Å²) in [6, 6.07) is 9.25. The molecule has 0 saturated heterocycles. The number of phenols is 1. The third kappa shape index (κ3) is 2.30. The van der Waals surface area contributed by atoms with Gasteiger partial charge in [0.2, 0.25) is 0 Å². The molecule has 0 bridgehead atoms. The van der Waals surface area contributed by atoms with Crippen molar-refractivity contribution in [3.05, 3.63) is 47.8 Å². The lowest BCUT2D eigenvalue weighted by molar-refractivity contribution is 0.474. The molecule has 0 aliphatic carbocycles. The van der Waals surface area contributed by atoms with Crippen LogP contribution in [0.5, 0.6) is 5.75 Å². The van der Waals surface area contributed by atoms with Gasteiger partial charge in [0.1, 0.15) is 5.75 Å². The van der Waals surface area contributed by atoms with Crippen LogP contribution in [0.3, 0.4) is 0 Å². The molecule has 5 nitrogen and oxygen atoms in total. The Morgan fingerprint density at radius 3 is 2.95 bits per heavy atom. The number of pyridine rings is 1. The summed E-state index contributed by atoms with van der Waals surface area (Å²) in [5, 5.41) is 18.1. The lowest BCUT2D eigenvalue weighted by Crippen LogP contribution is -2.00. The van der Waals surface area contributed by atoms with E-state index in [2.05, 4.69) is 15.4 Å². The van der Waals surface area contributed by atoms with E-state index in [4.69, 9.17) is 0 Å². The number of nitrogens with zero attached hydrogens (tertiary/aromatic N) is 3. The zero-order valence-electron chi connectivity index (χ0n) is 11.5. The van der Waals surface area contributed by atoms with E-state index >= 15 is 0 Å². The van der Waals surface area contributed by atoms with Gasteiger partial charge < -0.3 is 10.4 Å². The molecule has 1 aromatic carbocycles. The lowest BCUT2D eigenvalue weighted by Gasteiger charge is -2.07. The molecule has 102 valence electrons. The molecule has 0 atom stereocenters. The summed E-state index contributed by atoms with van der Waals surface area (Å²) >= 11 is 0. The number of hydrogen-bond acceptors (Lipinski definition) is 4. The van der Waals surface area contributed by atoms with Crippen LogP contribution in [0.2, 0.25) is 0 Å². The van der Waals surface area contributed by atoms with Gasteiger partial charge in [-0.1, -0.05) is 12.1 Å². The van der Waals surface area contributed by atoms with Crippen LogP contribution in [0.15, 0.2) is 36.5 Å². The van der Waals surface area contributed by atoms with Crippen LogP contribution in [0.4, 0.5) is 5.69 Å². The van der Waals surface area contributed by atoms with E-state index in [1.807, 2.05) is 32.2 Å². The molecule has 0 fully saturated rings. The Hall–Kier alpha value is -2.56. The van der Waals surface area contributed by atoms with Gasteiger partial charge in [-0.05, 0) is 30.7 Å². The highest BCUT2D eigenvalue weighted by atomic mass is 16.3. The average molecular weight is 268 g/mol. The van der Waals surface area contributed by atoms with Gasteiger partial charge in [0.05, 0.1) is 17.6 Å². The van der Waals surface area contributed by atoms with Gasteiger partial charge in [-0.25, -0.2) is 4.98 Å². The summed E-state index contributed by atoms with van der Waals surface area (Å²) in [4.78, 5) is 4.42. The second-order valence-electron chi connectivity index (χ2n) is 4.83. The van der Waals surface area contributed by atoms with E-state index in [-0.39, 0.29) is 5.75 Å². The van der Waals surface area contributed by atoms with Crippen LogP contribution in [0, 0.1) is 6.92 Å². The fourth-order valence-corrected chi connectivity index (χ4v) is 2.28. The zero-order valence-corrected chi connectivity index (χ0v) is 11.5. The highest BCUT2D eigenvalue weighted by molar-refractivity contribution is 5.81. The van der Waals surface area contributed by atoms with Crippen LogP contribution in [0.1, 0.15) is 11.3 Å². The largest absolute Gasteiger partial charge is 0.508 e. The molecule has 20 heavy (non-hydrogen) atoms. The van der Waals surface area contributed by atoms with E-state index < -0.39 is 0 Å². The number of aryl methyl sites for hydroxylation is 2. The van der Waals surface area contributed by atoms with Crippen molar-refractivity contribution in [1.82, 2.24) is 14.8 Å². The number of phenolic OH excluding ortho intramolecular Hbond substituents is 1. The second-order valence-corrected chi connectivity index (χ2v) is 4.83. The third-order valence-electron chi connectivity index (χ3n) is 3.27. The molecule has 0 radical (unpaired) electrons. The molecule has 0 amide bonds. The van der Waals surface area contributed by atoms with Crippen molar-refractivity contribution in [2.24, 2.45) is 7.05 Å². The molecule has 3 rings (SSSR count). The molecule has 2 N–H and O–H groups in total. The van der Waals surface area contributed by atoms with Crippen molar-refractivity contribution in [3.63, 3.8) is 0 Å². The maximum atomic E-state index is 9.44. The summed E-state index contributed by atoms with van der Waals surface area (Å²) in [5.41, 5.74) is 3.81. The molecule has 3 aromatic rings. The lowest BCUT2D eigenvalue weighted by atomic mass is 10.2. The molecule has 0 spiro atoms. The standard InChI is InChI=1S/C15H16N4O/c1-10-14-7-12(9-17-15(14)19(2)18-10)16-8-11-4-3-5-13(20)6-11/h3-7,9,16,20H,8H2,1-2H3. The van der Waals surface area contributed by atoms with Gasteiger partial charge >= 0.3 is 0 Å². The minimum atomic E-state index is 0.279. The highest BCUT2D eigenvalue weighted by Gasteiger charge is 2.06. The van der Waals surface area contributed by atoms with Crippen LogP contribution in [0.25, 0.3) is 11.0 Å². The Labute approximate surface area is 116 Å². The smallest absolute Gasteiger partial charge is 0.157 e. The fraction of sp³-hybridized carbons (Fsp3) is 0.200. The van der Waals surface area contributed by atoms with Crippen LogP contribution in [-0.2, 0) is 13.6 Å². The number of anilines is 1. The Bertz CT molecular complexity index is 764. The Morgan fingerprint density at radius 1 is 1.30 bits per heavy atom. The van der Waals surface area contributed by atoms with E-state index in [0.717, 1.165) is 28.0 Å². The Kier molecular flexibility index (Phi) is 3.02. The molecule has 0 unspecified atom stereocenters. The van der Waals surface area contributed by atoms with Gasteiger partial charge in [-0.15, -0.1) is 0 Å². The van der Waals surface area contributed by atoms with E-state index in [1.165, 1.54) is 0 Å². The SMILES string of the molecule is Cc1nn(C)c2ncc(NCc3cccc(O)c3)cc12. The molecular weight excluding hydrogens is 252 g/mol. The normalized spacial score (nSPS) is 10.9. The summed E-state index contributed by atoms with van der Waals surface area (Å²) in [6.07, 6.45) is 1.80. The van der Waals surface area contributed by atoms with Gasteiger partial charge in [-0.2, -0.15) is 5.10 Å². The monoisotopic (exact) mass is 268 g/mol. The van der Waals surface area contributed by atoms with Crippen LogP contribution in [-0.4, -0.2) is 19.9 Å². The highest BCUT2D eigenvalue weighted by Crippen LogP contribution is 2.20. The van der Waals surface area contributed by atoms with Crippen molar-refractivity contribution in [2.45, 2.75) is 13.5 Å².